The van der Waals surface area contributed by atoms with E-state index in [0.29, 0.717) is 6.54 Å². The van der Waals surface area contributed by atoms with Crippen molar-refractivity contribution in [2.75, 3.05) is 11.1 Å². The summed E-state index contributed by atoms with van der Waals surface area (Å²) >= 11 is 1.57. The molecule has 5 heteroatoms. The SMILES string of the molecule is Cc1ccsc1CNc1c(N)ccc(F)c1F. The van der Waals surface area contributed by atoms with Crippen molar-refractivity contribution >= 4 is 22.7 Å². The number of benzene rings is 1. The molecule has 2 rings (SSSR count). The van der Waals surface area contributed by atoms with Gasteiger partial charge in [-0.25, -0.2) is 8.78 Å². The number of aryl methyl sites for hydroxylation is 1. The fourth-order valence-corrected chi connectivity index (χ4v) is 2.34. The molecule has 0 fully saturated rings. The minimum atomic E-state index is -0.931. The van der Waals surface area contributed by atoms with E-state index in [1.807, 2.05) is 18.4 Å². The first-order valence-corrected chi connectivity index (χ1v) is 5.98. The number of nitrogens with one attached hydrogen (secondary N) is 1. The van der Waals surface area contributed by atoms with E-state index in [4.69, 9.17) is 5.73 Å². The summed E-state index contributed by atoms with van der Waals surface area (Å²) in [7, 11) is 0. The summed E-state index contributed by atoms with van der Waals surface area (Å²) in [5.74, 6) is -1.83. The Morgan fingerprint density at radius 2 is 2.06 bits per heavy atom. The summed E-state index contributed by atoms with van der Waals surface area (Å²) in [5.41, 5.74) is 6.96. The Labute approximate surface area is 102 Å². The van der Waals surface area contributed by atoms with Crippen LogP contribution in [0.5, 0.6) is 0 Å². The van der Waals surface area contributed by atoms with E-state index < -0.39 is 11.6 Å². The molecule has 0 aliphatic carbocycles. The summed E-state index contributed by atoms with van der Waals surface area (Å²) < 4.78 is 26.5. The van der Waals surface area contributed by atoms with E-state index in [-0.39, 0.29) is 11.4 Å². The number of thiophene rings is 1. The van der Waals surface area contributed by atoms with E-state index in [9.17, 15) is 8.78 Å². The third-order valence-corrected chi connectivity index (χ3v) is 3.54. The van der Waals surface area contributed by atoms with E-state index in [1.165, 1.54) is 6.07 Å². The summed E-state index contributed by atoms with van der Waals surface area (Å²) in [6, 6.07) is 4.35. The molecule has 0 unspecified atom stereocenters. The zero-order chi connectivity index (χ0) is 12.4. The number of hydrogen-bond acceptors (Lipinski definition) is 3. The van der Waals surface area contributed by atoms with Gasteiger partial charge in [-0.15, -0.1) is 11.3 Å². The van der Waals surface area contributed by atoms with Crippen molar-refractivity contribution in [2.24, 2.45) is 0 Å². The van der Waals surface area contributed by atoms with Crippen LogP contribution in [0, 0.1) is 18.6 Å². The highest BCUT2D eigenvalue weighted by atomic mass is 32.1. The lowest BCUT2D eigenvalue weighted by Crippen LogP contribution is -2.05. The van der Waals surface area contributed by atoms with Crippen LogP contribution in [0.15, 0.2) is 23.6 Å². The summed E-state index contributed by atoms with van der Waals surface area (Å²) in [5, 5.41) is 4.79. The van der Waals surface area contributed by atoms with Crippen LogP contribution in [0.1, 0.15) is 10.4 Å². The van der Waals surface area contributed by atoms with Crippen LogP contribution in [-0.4, -0.2) is 0 Å². The van der Waals surface area contributed by atoms with Gasteiger partial charge in [0, 0.05) is 11.4 Å². The number of hydrogen-bond donors (Lipinski definition) is 2. The maximum absolute atomic E-state index is 13.5. The van der Waals surface area contributed by atoms with Gasteiger partial charge in [0.25, 0.3) is 0 Å². The second-order valence-electron chi connectivity index (χ2n) is 3.71. The van der Waals surface area contributed by atoms with Crippen molar-refractivity contribution in [3.05, 3.63) is 45.7 Å². The van der Waals surface area contributed by atoms with Gasteiger partial charge in [-0.3, -0.25) is 0 Å². The number of nitrogen functional groups attached to an aromatic ring is 1. The Morgan fingerprint density at radius 3 is 2.71 bits per heavy atom. The largest absolute Gasteiger partial charge is 0.397 e. The highest BCUT2D eigenvalue weighted by Gasteiger charge is 2.11. The van der Waals surface area contributed by atoms with E-state index >= 15 is 0 Å². The highest BCUT2D eigenvalue weighted by Crippen LogP contribution is 2.26. The molecule has 0 aliphatic heterocycles. The molecule has 90 valence electrons. The Hall–Kier alpha value is -1.62. The minimum absolute atomic E-state index is 0.0257. The third-order valence-electron chi connectivity index (χ3n) is 2.52. The first-order chi connectivity index (χ1) is 8.09. The van der Waals surface area contributed by atoms with Crippen LogP contribution in [0.3, 0.4) is 0 Å². The van der Waals surface area contributed by atoms with Gasteiger partial charge in [-0.1, -0.05) is 0 Å². The molecule has 3 N–H and O–H groups in total. The second kappa shape index (κ2) is 4.71. The van der Waals surface area contributed by atoms with Gasteiger partial charge in [0.15, 0.2) is 11.6 Å². The summed E-state index contributed by atoms with van der Waals surface area (Å²) in [6.45, 7) is 2.41. The molecule has 0 aliphatic rings. The van der Waals surface area contributed by atoms with Gasteiger partial charge in [-0.05, 0) is 36.1 Å². The van der Waals surface area contributed by atoms with Gasteiger partial charge >= 0.3 is 0 Å². The monoisotopic (exact) mass is 254 g/mol. The third kappa shape index (κ3) is 2.39. The Bertz CT molecular complexity index is 537. The molecule has 2 nitrogen and oxygen atoms in total. The standard InChI is InChI=1S/C12H12F2N2S/c1-7-4-5-17-10(7)6-16-12-9(15)3-2-8(13)11(12)14/h2-5,16H,6,15H2,1H3. The lowest BCUT2D eigenvalue weighted by molar-refractivity contribution is 0.511. The smallest absolute Gasteiger partial charge is 0.183 e. The second-order valence-corrected chi connectivity index (χ2v) is 4.71. The van der Waals surface area contributed by atoms with Crippen LogP contribution in [0.2, 0.25) is 0 Å². The molecular formula is C12H12F2N2S. The van der Waals surface area contributed by atoms with E-state index in [1.54, 1.807) is 11.3 Å². The molecule has 17 heavy (non-hydrogen) atoms. The van der Waals surface area contributed by atoms with Crippen LogP contribution in [-0.2, 0) is 6.54 Å². The molecule has 0 atom stereocenters. The molecule has 0 spiro atoms. The molecule has 0 saturated heterocycles. The zero-order valence-electron chi connectivity index (χ0n) is 9.26. The van der Waals surface area contributed by atoms with Crippen LogP contribution >= 0.6 is 11.3 Å². The maximum Gasteiger partial charge on any atom is 0.183 e. The van der Waals surface area contributed by atoms with Crippen molar-refractivity contribution in [3.8, 4) is 0 Å². The average molecular weight is 254 g/mol. The van der Waals surface area contributed by atoms with Crippen molar-refractivity contribution in [2.45, 2.75) is 13.5 Å². The van der Waals surface area contributed by atoms with Gasteiger partial charge < -0.3 is 11.1 Å². The van der Waals surface area contributed by atoms with Gasteiger partial charge in [0.05, 0.1) is 11.4 Å². The first kappa shape index (κ1) is 11.9. The fourth-order valence-electron chi connectivity index (χ4n) is 1.50. The molecule has 0 amide bonds. The molecule has 0 saturated carbocycles. The average Bonchev–Trinajstić information content (AvgIpc) is 2.70. The molecule has 1 aromatic heterocycles. The van der Waals surface area contributed by atoms with Crippen LogP contribution in [0.25, 0.3) is 0 Å². The number of nitrogens with two attached hydrogens (primary N) is 1. The summed E-state index contributed by atoms with van der Waals surface area (Å²) in [6.07, 6.45) is 0. The molecular weight excluding hydrogens is 242 g/mol. The number of rotatable bonds is 3. The van der Waals surface area contributed by atoms with E-state index in [2.05, 4.69) is 5.32 Å². The molecule has 0 radical (unpaired) electrons. The normalized spacial score (nSPS) is 10.5. The maximum atomic E-state index is 13.5. The number of halogens is 2. The van der Waals surface area contributed by atoms with Crippen LogP contribution in [0.4, 0.5) is 20.2 Å². The van der Waals surface area contributed by atoms with Crippen molar-refractivity contribution in [1.29, 1.82) is 0 Å². The lowest BCUT2D eigenvalue weighted by atomic mass is 10.2. The van der Waals surface area contributed by atoms with Crippen molar-refractivity contribution < 1.29 is 8.78 Å². The number of anilines is 2. The van der Waals surface area contributed by atoms with Gasteiger partial charge in [0.1, 0.15) is 0 Å². The van der Waals surface area contributed by atoms with Crippen molar-refractivity contribution in [1.82, 2.24) is 0 Å². The predicted molar refractivity (Wildman–Crippen MR) is 67.2 cm³/mol. The Balaban J connectivity index is 2.20. The minimum Gasteiger partial charge on any atom is -0.397 e. The van der Waals surface area contributed by atoms with Gasteiger partial charge in [0.2, 0.25) is 0 Å². The van der Waals surface area contributed by atoms with Gasteiger partial charge in [-0.2, -0.15) is 0 Å². The fraction of sp³-hybridized carbons (Fsp3) is 0.167. The quantitative estimate of drug-likeness (QED) is 0.822. The predicted octanol–water partition coefficient (Wildman–Crippen LogP) is 3.53. The summed E-state index contributed by atoms with van der Waals surface area (Å²) in [4.78, 5) is 1.08. The lowest BCUT2D eigenvalue weighted by Gasteiger charge is -2.10. The van der Waals surface area contributed by atoms with Crippen LogP contribution < -0.4 is 11.1 Å². The van der Waals surface area contributed by atoms with Crippen molar-refractivity contribution in [3.63, 3.8) is 0 Å². The Kier molecular flexibility index (Phi) is 3.28. The molecule has 2 aromatic rings. The van der Waals surface area contributed by atoms with E-state index in [0.717, 1.165) is 16.5 Å². The zero-order valence-corrected chi connectivity index (χ0v) is 10.1. The topological polar surface area (TPSA) is 38.0 Å². The Morgan fingerprint density at radius 1 is 1.29 bits per heavy atom. The first-order valence-electron chi connectivity index (χ1n) is 5.10. The highest BCUT2D eigenvalue weighted by molar-refractivity contribution is 7.10. The molecule has 1 heterocycles. The molecule has 1 aromatic carbocycles. The molecule has 0 bridgehead atoms.